The quantitative estimate of drug-likeness (QED) is 0.764. The Morgan fingerprint density at radius 1 is 1.24 bits per heavy atom. The van der Waals surface area contributed by atoms with Gasteiger partial charge in [-0.1, -0.05) is 25.1 Å². The van der Waals surface area contributed by atoms with E-state index in [4.69, 9.17) is 0 Å². The van der Waals surface area contributed by atoms with E-state index in [1.165, 1.54) is 11.3 Å². The van der Waals surface area contributed by atoms with Crippen LogP contribution < -0.4 is 4.90 Å². The molecular formula is C21H29N2O2+. The van der Waals surface area contributed by atoms with E-state index in [-0.39, 0.29) is 17.7 Å². The number of quaternary nitrogens is 1. The molecule has 1 saturated carbocycles. The van der Waals surface area contributed by atoms with E-state index >= 15 is 0 Å². The molecule has 1 spiro atoms. The molecule has 1 aromatic rings. The molecule has 0 amide bonds. The molecular weight excluding hydrogens is 312 g/mol. The molecule has 1 aromatic carbocycles. The summed E-state index contributed by atoms with van der Waals surface area (Å²) in [5.74, 6) is 1.17. The van der Waals surface area contributed by atoms with E-state index in [0.29, 0.717) is 35.9 Å². The van der Waals surface area contributed by atoms with Gasteiger partial charge in [0, 0.05) is 37.4 Å². The fraction of sp³-hybridized carbons (Fsp3) is 0.714. The number of hydrogen-bond donors (Lipinski definition) is 2. The Hall–Kier alpha value is -1.10. The number of likely N-dealkylation sites (N-methyl/N-ethyl adjacent to an activating group) is 2. The van der Waals surface area contributed by atoms with Crippen molar-refractivity contribution < 1.29 is 14.7 Å². The van der Waals surface area contributed by atoms with Crippen LogP contribution in [0.15, 0.2) is 24.3 Å². The maximum atomic E-state index is 11.7. The van der Waals surface area contributed by atoms with Gasteiger partial charge < -0.3 is 15.1 Å². The molecule has 25 heavy (non-hydrogen) atoms. The zero-order valence-corrected chi connectivity index (χ0v) is 15.3. The van der Waals surface area contributed by atoms with Crippen molar-refractivity contribution in [3.8, 4) is 0 Å². The standard InChI is InChI=1S/C21H29N2O2/c1-4-11-12-9-15-18-21(13-7-5-6-8-14(13)22(18)2)10-16(17(12)19(21)24)23(15,3)20(11)25/h5-8,11-12,15-20,24-25H,4,9-10H2,1-3H3/q+1/t11-,12+,15+,16-,17+,18-,19-,20+,21+,23?/m0/s1. The van der Waals surface area contributed by atoms with Gasteiger partial charge in [-0.3, -0.25) is 4.48 Å². The second-order valence-corrected chi connectivity index (χ2v) is 9.58. The number of anilines is 1. The Morgan fingerprint density at radius 2 is 2.00 bits per heavy atom. The fourth-order valence-corrected chi connectivity index (χ4v) is 8.58. The predicted octanol–water partition coefficient (Wildman–Crippen LogP) is 1.70. The summed E-state index contributed by atoms with van der Waals surface area (Å²) in [5, 5.41) is 23.1. The first-order valence-electron chi connectivity index (χ1n) is 10.0. The van der Waals surface area contributed by atoms with E-state index in [2.05, 4.69) is 50.2 Å². The summed E-state index contributed by atoms with van der Waals surface area (Å²) >= 11 is 0. The molecule has 0 aromatic heterocycles. The van der Waals surface area contributed by atoms with Crippen LogP contribution in [0.4, 0.5) is 5.69 Å². The molecule has 10 atom stereocenters. The number of benzene rings is 1. The van der Waals surface area contributed by atoms with E-state index in [1.807, 2.05) is 0 Å². The van der Waals surface area contributed by atoms with Crippen molar-refractivity contribution >= 4 is 5.69 Å². The average Bonchev–Trinajstić information content (AvgIpc) is 2.99. The zero-order chi connectivity index (χ0) is 17.3. The molecule has 5 bridgehead atoms. The van der Waals surface area contributed by atoms with Gasteiger partial charge in [0.05, 0.1) is 30.7 Å². The molecule has 6 aliphatic rings. The lowest BCUT2D eigenvalue weighted by Crippen LogP contribution is -2.81. The van der Waals surface area contributed by atoms with Gasteiger partial charge in [0.2, 0.25) is 0 Å². The minimum absolute atomic E-state index is 0.125. The summed E-state index contributed by atoms with van der Waals surface area (Å²) in [6, 6.07) is 9.87. The molecule has 1 aliphatic carbocycles. The number of piperidine rings is 4. The van der Waals surface area contributed by atoms with Gasteiger partial charge in [-0.05, 0) is 24.0 Å². The lowest BCUT2D eigenvalue weighted by molar-refractivity contribution is -1.02. The first-order chi connectivity index (χ1) is 12.0. The third-order valence-corrected chi connectivity index (χ3v) is 9.39. The summed E-state index contributed by atoms with van der Waals surface area (Å²) in [5.41, 5.74) is 2.54. The Bertz CT molecular complexity index is 768. The Kier molecular flexibility index (Phi) is 2.54. The molecule has 0 radical (unpaired) electrons. The SMILES string of the molecule is CC[C@H]1[C@H]2C[C@@H]3[C@@H]4N(C)c5ccccc5[C@]45C[C@@H]([C@@H]2[C@@H]5O)[N+]3(C)[C@@H]1O. The molecule has 5 fully saturated rings. The summed E-state index contributed by atoms with van der Waals surface area (Å²) < 4.78 is 0.779. The lowest BCUT2D eigenvalue weighted by atomic mass is 9.61. The van der Waals surface area contributed by atoms with E-state index < -0.39 is 0 Å². The fourth-order valence-electron chi connectivity index (χ4n) is 8.58. The third-order valence-electron chi connectivity index (χ3n) is 9.39. The highest BCUT2D eigenvalue weighted by atomic mass is 16.3. The Morgan fingerprint density at radius 3 is 2.76 bits per heavy atom. The third kappa shape index (κ3) is 1.27. The Balaban J connectivity index is 1.63. The van der Waals surface area contributed by atoms with Gasteiger partial charge in [-0.15, -0.1) is 0 Å². The van der Waals surface area contributed by atoms with Crippen molar-refractivity contribution in [1.29, 1.82) is 0 Å². The molecule has 2 N–H and O–H groups in total. The van der Waals surface area contributed by atoms with Gasteiger partial charge in [0.15, 0.2) is 6.23 Å². The summed E-state index contributed by atoms with van der Waals surface area (Å²) in [7, 11) is 4.51. The van der Waals surface area contributed by atoms with Crippen LogP contribution in [0.1, 0.15) is 31.7 Å². The first kappa shape index (κ1) is 15.0. The smallest absolute Gasteiger partial charge is 0.193 e. The van der Waals surface area contributed by atoms with Crippen LogP contribution in [0.5, 0.6) is 0 Å². The number of aliphatic hydroxyl groups is 2. The zero-order valence-electron chi connectivity index (χ0n) is 15.3. The lowest BCUT2D eigenvalue weighted by Gasteiger charge is -2.66. The number of nitrogens with zero attached hydrogens (tertiary/aromatic N) is 2. The molecule has 7 rings (SSSR count). The van der Waals surface area contributed by atoms with Crippen molar-refractivity contribution in [2.75, 3.05) is 19.0 Å². The predicted molar refractivity (Wildman–Crippen MR) is 96.1 cm³/mol. The highest BCUT2D eigenvalue weighted by molar-refractivity contribution is 5.66. The minimum Gasteiger partial charge on any atom is -0.392 e. The highest BCUT2D eigenvalue weighted by Crippen LogP contribution is 2.70. The van der Waals surface area contributed by atoms with Crippen LogP contribution in [0.25, 0.3) is 0 Å². The molecule has 4 heteroatoms. The van der Waals surface area contributed by atoms with Crippen molar-refractivity contribution in [3.63, 3.8) is 0 Å². The van der Waals surface area contributed by atoms with Crippen molar-refractivity contribution in [3.05, 3.63) is 29.8 Å². The number of aliphatic hydroxyl groups excluding tert-OH is 2. The van der Waals surface area contributed by atoms with Crippen LogP contribution in [0.3, 0.4) is 0 Å². The number of hydrogen-bond acceptors (Lipinski definition) is 3. The summed E-state index contributed by atoms with van der Waals surface area (Å²) in [6.07, 6.45) is 2.67. The van der Waals surface area contributed by atoms with Gasteiger partial charge in [0.25, 0.3) is 0 Å². The molecule has 5 heterocycles. The topological polar surface area (TPSA) is 43.7 Å². The second-order valence-electron chi connectivity index (χ2n) is 9.58. The minimum atomic E-state index is -0.273. The first-order valence-corrected chi connectivity index (χ1v) is 10.0. The van der Waals surface area contributed by atoms with Gasteiger partial charge in [0.1, 0.15) is 6.04 Å². The van der Waals surface area contributed by atoms with Crippen LogP contribution >= 0.6 is 0 Å². The Labute approximate surface area is 149 Å². The van der Waals surface area contributed by atoms with Gasteiger partial charge in [-0.2, -0.15) is 0 Å². The van der Waals surface area contributed by atoms with Crippen LogP contribution in [-0.2, 0) is 5.41 Å². The van der Waals surface area contributed by atoms with Gasteiger partial charge >= 0.3 is 0 Å². The molecule has 1 unspecified atom stereocenters. The molecule has 5 aliphatic heterocycles. The monoisotopic (exact) mass is 341 g/mol. The molecule has 4 nitrogen and oxygen atoms in total. The highest BCUT2D eigenvalue weighted by Gasteiger charge is 2.82. The van der Waals surface area contributed by atoms with E-state index in [1.54, 1.807) is 0 Å². The molecule has 4 saturated heterocycles. The largest absolute Gasteiger partial charge is 0.392 e. The maximum absolute atomic E-state index is 11.7. The van der Waals surface area contributed by atoms with E-state index in [0.717, 1.165) is 23.7 Å². The summed E-state index contributed by atoms with van der Waals surface area (Å²) in [4.78, 5) is 2.44. The number of para-hydroxylation sites is 1. The van der Waals surface area contributed by atoms with E-state index in [9.17, 15) is 10.2 Å². The van der Waals surface area contributed by atoms with Gasteiger partial charge in [-0.25, -0.2) is 0 Å². The number of rotatable bonds is 1. The van der Waals surface area contributed by atoms with Crippen LogP contribution in [0.2, 0.25) is 0 Å². The van der Waals surface area contributed by atoms with Crippen LogP contribution in [-0.4, -0.2) is 59.2 Å². The van der Waals surface area contributed by atoms with Crippen molar-refractivity contribution in [2.45, 2.75) is 62.1 Å². The summed E-state index contributed by atoms with van der Waals surface area (Å²) in [6.45, 7) is 2.21. The number of fused-ring (bicyclic) bond motifs is 2. The normalized spacial score (nSPS) is 57.1. The average molecular weight is 341 g/mol. The molecule has 134 valence electrons. The second kappa shape index (κ2) is 4.24. The van der Waals surface area contributed by atoms with Crippen LogP contribution in [0, 0.1) is 17.8 Å². The van der Waals surface area contributed by atoms with Crippen molar-refractivity contribution in [1.82, 2.24) is 0 Å². The maximum Gasteiger partial charge on any atom is 0.193 e. The van der Waals surface area contributed by atoms with Crippen molar-refractivity contribution in [2.24, 2.45) is 17.8 Å².